The Balaban J connectivity index is 1.54. The molecule has 1 N–H and O–H groups in total. The second kappa shape index (κ2) is 8.29. The number of anilines is 1. The molecule has 3 aromatic carbocycles. The molecule has 0 bridgehead atoms. The number of ether oxygens (including phenoxy) is 1. The molecule has 0 aliphatic heterocycles. The summed E-state index contributed by atoms with van der Waals surface area (Å²) in [7, 11) is 1.56. The molecule has 4 aromatic rings. The van der Waals surface area contributed by atoms with E-state index in [-0.39, 0.29) is 5.91 Å². The van der Waals surface area contributed by atoms with Crippen molar-refractivity contribution in [3.63, 3.8) is 0 Å². The highest BCUT2D eigenvalue weighted by Gasteiger charge is 2.13. The van der Waals surface area contributed by atoms with Crippen LogP contribution in [0.5, 0.6) is 5.75 Å². The van der Waals surface area contributed by atoms with Gasteiger partial charge in [0.05, 0.1) is 18.4 Å². The van der Waals surface area contributed by atoms with Crippen molar-refractivity contribution >= 4 is 22.9 Å². The standard InChI is InChI=1S/C24H20N2O2S/c1-16-22(26-24(29-16)18-8-4-3-5-9-18)17-12-14-19(15-13-17)25-23(27)20-10-6-7-11-21(20)28-2/h3-15H,1-2H3,(H,25,27). The van der Waals surface area contributed by atoms with Crippen LogP contribution in [0, 0.1) is 6.92 Å². The minimum atomic E-state index is -0.202. The summed E-state index contributed by atoms with van der Waals surface area (Å²) >= 11 is 1.68. The maximum Gasteiger partial charge on any atom is 0.259 e. The molecular formula is C24H20N2O2S. The van der Waals surface area contributed by atoms with Crippen molar-refractivity contribution in [2.45, 2.75) is 6.92 Å². The Labute approximate surface area is 173 Å². The van der Waals surface area contributed by atoms with Gasteiger partial charge in [0.15, 0.2) is 0 Å². The lowest BCUT2D eigenvalue weighted by Crippen LogP contribution is -2.13. The number of hydrogen-bond acceptors (Lipinski definition) is 4. The van der Waals surface area contributed by atoms with E-state index in [4.69, 9.17) is 9.72 Å². The lowest BCUT2D eigenvalue weighted by molar-refractivity contribution is 0.102. The fourth-order valence-electron chi connectivity index (χ4n) is 3.11. The lowest BCUT2D eigenvalue weighted by atomic mass is 10.1. The van der Waals surface area contributed by atoms with Gasteiger partial charge in [-0.3, -0.25) is 4.79 Å². The van der Waals surface area contributed by atoms with Gasteiger partial charge in [0.2, 0.25) is 0 Å². The number of aryl methyl sites for hydroxylation is 1. The predicted octanol–water partition coefficient (Wildman–Crippen LogP) is 6.05. The summed E-state index contributed by atoms with van der Waals surface area (Å²) in [6.07, 6.45) is 0. The third kappa shape index (κ3) is 4.05. The highest BCUT2D eigenvalue weighted by Crippen LogP contribution is 2.33. The molecule has 4 rings (SSSR count). The molecule has 1 heterocycles. The number of aromatic nitrogens is 1. The van der Waals surface area contributed by atoms with E-state index in [2.05, 4.69) is 24.4 Å². The molecule has 0 spiro atoms. The molecule has 0 saturated carbocycles. The van der Waals surface area contributed by atoms with E-state index in [1.807, 2.05) is 54.6 Å². The number of amides is 1. The fourth-order valence-corrected chi connectivity index (χ4v) is 4.05. The summed E-state index contributed by atoms with van der Waals surface area (Å²) in [4.78, 5) is 18.5. The number of benzene rings is 3. The molecule has 0 aliphatic carbocycles. The Kier molecular flexibility index (Phi) is 5.40. The zero-order valence-corrected chi connectivity index (χ0v) is 17.0. The van der Waals surface area contributed by atoms with Gasteiger partial charge in [0.25, 0.3) is 5.91 Å². The Bertz CT molecular complexity index is 1140. The first kappa shape index (κ1) is 18.9. The minimum absolute atomic E-state index is 0.202. The quantitative estimate of drug-likeness (QED) is 0.444. The van der Waals surface area contributed by atoms with Gasteiger partial charge in [-0.2, -0.15) is 0 Å². The highest BCUT2D eigenvalue weighted by molar-refractivity contribution is 7.15. The highest BCUT2D eigenvalue weighted by atomic mass is 32.1. The first-order chi connectivity index (χ1) is 14.2. The van der Waals surface area contributed by atoms with Gasteiger partial charge in [-0.05, 0) is 31.2 Å². The molecule has 0 atom stereocenters. The maximum absolute atomic E-state index is 12.6. The summed E-state index contributed by atoms with van der Waals surface area (Å²) in [6, 6.07) is 25.1. The van der Waals surface area contributed by atoms with Gasteiger partial charge in [-0.15, -0.1) is 11.3 Å². The molecule has 1 amide bonds. The number of para-hydroxylation sites is 1. The zero-order valence-electron chi connectivity index (χ0n) is 16.2. The topological polar surface area (TPSA) is 51.2 Å². The molecule has 0 fully saturated rings. The number of rotatable bonds is 5. The van der Waals surface area contributed by atoms with Crippen molar-refractivity contribution in [2.75, 3.05) is 12.4 Å². The van der Waals surface area contributed by atoms with Gasteiger partial charge in [0, 0.05) is 21.7 Å². The van der Waals surface area contributed by atoms with Gasteiger partial charge in [0.1, 0.15) is 10.8 Å². The molecule has 0 unspecified atom stereocenters. The maximum atomic E-state index is 12.6. The van der Waals surface area contributed by atoms with Crippen molar-refractivity contribution in [2.24, 2.45) is 0 Å². The van der Waals surface area contributed by atoms with Crippen molar-refractivity contribution < 1.29 is 9.53 Å². The first-order valence-corrected chi connectivity index (χ1v) is 10.0. The second-order valence-corrected chi connectivity index (χ2v) is 7.72. The van der Waals surface area contributed by atoms with Crippen LogP contribution in [0.2, 0.25) is 0 Å². The third-order valence-electron chi connectivity index (χ3n) is 4.59. The van der Waals surface area contributed by atoms with Crippen LogP contribution in [0.3, 0.4) is 0 Å². The monoisotopic (exact) mass is 400 g/mol. The SMILES string of the molecule is COc1ccccc1C(=O)Nc1ccc(-c2nc(-c3ccccc3)sc2C)cc1. The number of methoxy groups -OCH3 is 1. The largest absolute Gasteiger partial charge is 0.496 e. The van der Waals surface area contributed by atoms with Crippen molar-refractivity contribution in [3.05, 3.63) is 89.3 Å². The third-order valence-corrected chi connectivity index (χ3v) is 5.61. The first-order valence-electron chi connectivity index (χ1n) is 9.23. The molecule has 0 radical (unpaired) electrons. The number of carbonyl (C=O) groups is 1. The van der Waals surface area contributed by atoms with Crippen molar-refractivity contribution in [1.82, 2.24) is 4.98 Å². The van der Waals surface area contributed by atoms with Gasteiger partial charge in [-0.1, -0.05) is 54.6 Å². The Morgan fingerprint density at radius 2 is 1.59 bits per heavy atom. The van der Waals surface area contributed by atoms with Gasteiger partial charge < -0.3 is 10.1 Å². The smallest absolute Gasteiger partial charge is 0.259 e. The molecule has 1 aromatic heterocycles. The predicted molar refractivity (Wildman–Crippen MR) is 119 cm³/mol. The summed E-state index contributed by atoms with van der Waals surface area (Å²) in [5.41, 5.74) is 4.34. The number of thiazole rings is 1. The van der Waals surface area contributed by atoms with Crippen LogP contribution in [0.15, 0.2) is 78.9 Å². The van der Waals surface area contributed by atoms with Crippen LogP contribution in [0.1, 0.15) is 15.2 Å². The minimum Gasteiger partial charge on any atom is -0.496 e. The average molecular weight is 401 g/mol. The number of nitrogens with one attached hydrogen (secondary N) is 1. The van der Waals surface area contributed by atoms with Gasteiger partial charge in [-0.25, -0.2) is 4.98 Å². The second-order valence-electron chi connectivity index (χ2n) is 6.52. The van der Waals surface area contributed by atoms with Crippen LogP contribution in [0.4, 0.5) is 5.69 Å². The van der Waals surface area contributed by atoms with Crippen LogP contribution in [-0.4, -0.2) is 18.0 Å². The molecule has 4 nitrogen and oxygen atoms in total. The van der Waals surface area contributed by atoms with Crippen LogP contribution in [-0.2, 0) is 0 Å². The Morgan fingerprint density at radius 3 is 2.31 bits per heavy atom. The lowest BCUT2D eigenvalue weighted by Gasteiger charge is -2.09. The number of hydrogen-bond donors (Lipinski definition) is 1. The summed E-state index contributed by atoms with van der Waals surface area (Å²) in [5.74, 6) is 0.347. The van der Waals surface area contributed by atoms with E-state index in [0.29, 0.717) is 11.3 Å². The van der Waals surface area contributed by atoms with E-state index in [1.54, 1.807) is 30.6 Å². The van der Waals surface area contributed by atoms with E-state index in [1.165, 1.54) is 0 Å². The van der Waals surface area contributed by atoms with Crippen LogP contribution >= 0.6 is 11.3 Å². The Morgan fingerprint density at radius 1 is 0.897 bits per heavy atom. The summed E-state index contributed by atoms with van der Waals surface area (Å²) < 4.78 is 5.27. The summed E-state index contributed by atoms with van der Waals surface area (Å²) in [6.45, 7) is 2.08. The number of carbonyl (C=O) groups excluding carboxylic acids is 1. The average Bonchev–Trinajstić information content (AvgIpc) is 3.16. The van der Waals surface area contributed by atoms with E-state index in [0.717, 1.165) is 32.4 Å². The zero-order chi connectivity index (χ0) is 20.2. The summed E-state index contributed by atoms with van der Waals surface area (Å²) in [5, 5.41) is 3.93. The van der Waals surface area contributed by atoms with Crippen molar-refractivity contribution in [1.29, 1.82) is 0 Å². The molecule has 144 valence electrons. The number of nitrogens with zero attached hydrogens (tertiary/aromatic N) is 1. The Hall–Kier alpha value is -3.44. The van der Waals surface area contributed by atoms with Crippen LogP contribution < -0.4 is 10.1 Å². The van der Waals surface area contributed by atoms with E-state index in [9.17, 15) is 4.79 Å². The molecule has 0 aliphatic rings. The van der Waals surface area contributed by atoms with Crippen LogP contribution in [0.25, 0.3) is 21.8 Å². The molecular weight excluding hydrogens is 380 g/mol. The molecule has 29 heavy (non-hydrogen) atoms. The van der Waals surface area contributed by atoms with E-state index < -0.39 is 0 Å². The van der Waals surface area contributed by atoms with Crippen molar-refractivity contribution in [3.8, 4) is 27.6 Å². The fraction of sp³-hybridized carbons (Fsp3) is 0.0833. The normalized spacial score (nSPS) is 10.6. The van der Waals surface area contributed by atoms with E-state index >= 15 is 0 Å². The van der Waals surface area contributed by atoms with Gasteiger partial charge >= 0.3 is 0 Å². The molecule has 5 heteroatoms. The molecule has 0 saturated heterocycles.